The summed E-state index contributed by atoms with van der Waals surface area (Å²) in [6.45, 7) is 1.80. The minimum atomic E-state index is -3.63. The van der Waals surface area contributed by atoms with E-state index >= 15 is 0 Å². The highest BCUT2D eigenvalue weighted by Gasteiger charge is 2.22. The maximum absolute atomic E-state index is 12.2. The van der Waals surface area contributed by atoms with E-state index in [1.54, 1.807) is 18.7 Å². The molecule has 1 rings (SSSR count). The van der Waals surface area contributed by atoms with Crippen molar-refractivity contribution in [1.29, 1.82) is 0 Å². The molecule has 0 heterocycles. The van der Waals surface area contributed by atoms with E-state index in [9.17, 15) is 8.42 Å². The number of nitrogens with one attached hydrogen (secondary N) is 1. The Hall–Kier alpha value is 0.0500. The molecule has 0 bridgehead atoms. The van der Waals surface area contributed by atoms with Gasteiger partial charge in [-0.1, -0.05) is 11.6 Å². The Morgan fingerprint density at radius 2 is 2.17 bits per heavy atom. The Labute approximate surface area is 125 Å². The summed E-state index contributed by atoms with van der Waals surface area (Å²) in [6, 6.07) is 2.70. The molecule has 8 heteroatoms. The molecule has 18 heavy (non-hydrogen) atoms. The Kier molecular flexibility index (Phi) is 5.79. The van der Waals surface area contributed by atoms with E-state index in [1.807, 2.05) is 6.26 Å². The van der Waals surface area contributed by atoms with Crippen molar-refractivity contribution in [2.24, 2.45) is 0 Å². The number of nitrogens with two attached hydrogens (primary N) is 1. The predicted octanol–water partition coefficient (Wildman–Crippen LogP) is 2.71. The molecule has 0 fully saturated rings. The van der Waals surface area contributed by atoms with Crippen molar-refractivity contribution in [1.82, 2.24) is 4.72 Å². The monoisotopic (exact) mass is 372 g/mol. The fourth-order valence-electron chi connectivity index (χ4n) is 1.39. The smallest absolute Gasteiger partial charge is 0.242 e. The van der Waals surface area contributed by atoms with E-state index in [1.165, 1.54) is 12.1 Å². The summed E-state index contributed by atoms with van der Waals surface area (Å²) in [6.07, 6.45) is 1.91. The second kappa shape index (κ2) is 6.47. The van der Waals surface area contributed by atoms with Gasteiger partial charge in [0.2, 0.25) is 10.0 Å². The molecule has 1 atom stereocenters. The third-order valence-corrected chi connectivity index (χ3v) is 5.91. The highest BCUT2D eigenvalue weighted by molar-refractivity contribution is 9.10. The molecule has 3 N–H and O–H groups in total. The van der Waals surface area contributed by atoms with Crippen molar-refractivity contribution in [2.45, 2.75) is 17.9 Å². The largest absolute Gasteiger partial charge is 0.398 e. The molecule has 0 aliphatic heterocycles. The zero-order chi connectivity index (χ0) is 13.9. The average molecular weight is 374 g/mol. The molecule has 0 radical (unpaired) electrons. The summed E-state index contributed by atoms with van der Waals surface area (Å²) in [5.41, 5.74) is 5.97. The van der Waals surface area contributed by atoms with Crippen LogP contribution in [0.5, 0.6) is 0 Å². The minimum Gasteiger partial charge on any atom is -0.398 e. The van der Waals surface area contributed by atoms with Crippen LogP contribution in [0.25, 0.3) is 0 Å². The molecule has 1 aromatic rings. The maximum atomic E-state index is 12.2. The van der Waals surface area contributed by atoms with Crippen molar-refractivity contribution in [3.63, 3.8) is 0 Å². The van der Waals surface area contributed by atoms with Crippen molar-refractivity contribution in [3.8, 4) is 0 Å². The summed E-state index contributed by atoms with van der Waals surface area (Å²) in [5.74, 6) is 0.687. The molecule has 0 aliphatic rings. The molecule has 102 valence electrons. The third kappa shape index (κ3) is 4.03. The number of halogens is 2. The molecule has 0 spiro atoms. The molecular formula is C10H14BrClN2O2S2. The SMILES string of the molecule is CSCC(C)NS(=O)(=O)c1cc(Cl)cc(N)c1Br. The van der Waals surface area contributed by atoms with Gasteiger partial charge in [0.05, 0.1) is 9.37 Å². The standard InChI is InChI=1S/C10H14BrClN2O2S2/c1-6(5-17-2)14-18(15,16)9-4-7(12)3-8(13)10(9)11/h3-4,6,14H,5,13H2,1-2H3. The topological polar surface area (TPSA) is 72.2 Å². The lowest BCUT2D eigenvalue weighted by molar-refractivity contribution is 0.570. The van der Waals surface area contributed by atoms with Gasteiger partial charge in [0, 0.05) is 22.5 Å². The van der Waals surface area contributed by atoms with Gasteiger partial charge in [0.15, 0.2) is 0 Å². The second-order valence-electron chi connectivity index (χ2n) is 3.78. The van der Waals surface area contributed by atoms with Crippen LogP contribution in [0.2, 0.25) is 5.02 Å². The predicted molar refractivity (Wildman–Crippen MR) is 81.7 cm³/mol. The summed E-state index contributed by atoms with van der Waals surface area (Å²) in [7, 11) is -3.63. The van der Waals surface area contributed by atoms with E-state index in [2.05, 4.69) is 20.7 Å². The fourth-order valence-corrected chi connectivity index (χ4v) is 4.62. The molecular weight excluding hydrogens is 360 g/mol. The molecule has 0 saturated carbocycles. The van der Waals surface area contributed by atoms with E-state index < -0.39 is 10.0 Å². The number of hydrogen-bond donors (Lipinski definition) is 2. The first-order valence-corrected chi connectivity index (χ1v) is 9.08. The Morgan fingerprint density at radius 1 is 1.56 bits per heavy atom. The fraction of sp³-hybridized carbons (Fsp3) is 0.400. The zero-order valence-corrected chi connectivity index (χ0v) is 13.9. The number of nitrogen functional groups attached to an aromatic ring is 1. The van der Waals surface area contributed by atoms with E-state index in [-0.39, 0.29) is 16.0 Å². The van der Waals surface area contributed by atoms with Gasteiger partial charge in [0.1, 0.15) is 0 Å². The molecule has 0 aliphatic carbocycles. The first-order chi connectivity index (χ1) is 8.27. The Balaban J connectivity index is 3.13. The maximum Gasteiger partial charge on any atom is 0.242 e. The molecule has 0 aromatic heterocycles. The van der Waals surface area contributed by atoms with Gasteiger partial charge in [-0.15, -0.1) is 0 Å². The lowest BCUT2D eigenvalue weighted by atomic mass is 10.3. The lowest BCUT2D eigenvalue weighted by Gasteiger charge is -2.15. The zero-order valence-electron chi connectivity index (χ0n) is 9.91. The second-order valence-corrected chi connectivity index (χ2v) is 7.61. The number of sulfonamides is 1. The van der Waals surface area contributed by atoms with Gasteiger partial charge >= 0.3 is 0 Å². The van der Waals surface area contributed by atoms with Crippen molar-refractivity contribution < 1.29 is 8.42 Å². The van der Waals surface area contributed by atoms with E-state index in [0.717, 1.165) is 0 Å². The van der Waals surface area contributed by atoms with E-state index in [0.29, 0.717) is 15.9 Å². The summed E-state index contributed by atoms with van der Waals surface area (Å²) in [4.78, 5) is 0.0560. The van der Waals surface area contributed by atoms with Gasteiger partial charge in [-0.05, 0) is 41.2 Å². The van der Waals surface area contributed by atoms with Gasteiger partial charge < -0.3 is 5.73 Å². The third-order valence-electron chi connectivity index (χ3n) is 2.09. The van der Waals surface area contributed by atoms with Crippen LogP contribution in [0.3, 0.4) is 0 Å². The van der Waals surface area contributed by atoms with E-state index in [4.69, 9.17) is 17.3 Å². The first-order valence-electron chi connectivity index (χ1n) is 5.03. The van der Waals surface area contributed by atoms with Gasteiger partial charge in [-0.25, -0.2) is 13.1 Å². The summed E-state index contributed by atoms with van der Waals surface area (Å²) >= 11 is 10.6. The number of hydrogen-bond acceptors (Lipinski definition) is 4. The van der Waals surface area contributed by atoms with Crippen LogP contribution in [-0.2, 0) is 10.0 Å². The molecule has 4 nitrogen and oxygen atoms in total. The highest BCUT2D eigenvalue weighted by Crippen LogP contribution is 2.31. The molecule has 0 saturated heterocycles. The van der Waals surface area contributed by atoms with Gasteiger partial charge in [-0.2, -0.15) is 11.8 Å². The normalized spacial score (nSPS) is 13.6. The quantitative estimate of drug-likeness (QED) is 0.778. The van der Waals surface area contributed by atoms with Crippen LogP contribution < -0.4 is 10.5 Å². The number of anilines is 1. The Morgan fingerprint density at radius 3 is 2.72 bits per heavy atom. The van der Waals surface area contributed by atoms with Gasteiger partial charge in [0.25, 0.3) is 0 Å². The average Bonchev–Trinajstić information content (AvgIpc) is 2.22. The van der Waals surface area contributed by atoms with Crippen LogP contribution in [-0.4, -0.2) is 26.5 Å². The van der Waals surface area contributed by atoms with Crippen molar-refractivity contribution in [2.75, 3.05) is 17.7 Å². The molecule has 1 aromatic carbocycles. The number of benzene rings is 1. The van der Waals surface area contributed by atoms with Crippen LogP contribution in [0.15, 0.2) is 21.5 Å². The first kappa shape index (κ1) is 16.1. The van der Waals surface area contributed by atoms with Crippen molar-refractivity contribution >= 4 is 55.0 Å². The lowest BCUT2D eigenvalue weighted by Crippen LogP contribution is -2.34. The van der Waals surface area contributed by atoms with Crippen molar-refractivity contribution in [3.05, 3.63) is 21.6 Å². The number of rotatable bonds is 5. The van der Waals surface area contributed by atoms with Crippen LogP contribution in [0, 0.1) is 0 Å². The summed E-state index contributed by atoms with van der Waals surface area (Å²) in [5, 5.41) is 0.286. The highest BCUT2D eigenvalue weighted by atomic mass is 79.9. The van der Waals surface area contributed by atoms with Crippen LogP contribution >= 0.6 is 39.3 Å². The Bertz CT molecular complexity index is 537. The molecule has 1 unspecified atom stereocenters. The molecule has 0 amide bonds. The van der Waals surface area contributed by atoms with Gasteiger partial charge in [-0.3, -0.25) is 0 Å². The number of thioether (sulfide) groups is 1. The van der Waals surface area contributed by atoms with Crippen LogP contribution in [0.1, 0.15) is 6.92 Å². The van der Waals surface area contributed by atoms with Crippen LogP contribution in [0.4, 0.5) is 5.69 Å². The minimum absolute atomic E-state index is 0.0560. The summed E-state index contributed by atoms with van der Waals surface area (Å²) < 4.78 is 27.3.